The average Bonchev–Trinajstić information content (AvgIpc) is 2.46. The molecule has 0 radical (unpaired) electrons. The smallest absolute Gasteiger partial charge is 0.206 e. The molecule has 0 bridgehead atoms. The van der Waals surface area contributed by atoms with E-state index >= 15 is 0 Å². The van der Waals surface area contributed by atoms with Gasteiger partial charge in [-0.25, -0.2) is 4.99 Å². The van der Waals surface area contributed by atoms with Gasteiger partial charge in [0.25, 0.3) is 0 Å². The fraction of sp³-hybridized carbons (Fsp3) is 0. The summed E-state index contributed by atoms with van der Waals surface area (Å²) in [6.07, 6.45) is 0. The van der Waals surface area contributed by atoms with Gasteiger partial charge in [-0.15, -0.1) is 0 Å². The van der Waals surface area contributed by atoms with Crippen LogP contribution in [-0.2, 0) is 0 Å². The lowest BCUT2D eigenvalue weighted by atomic mass is 9.99. The Balaban J connectivity index is 2.26. The normalized spacial score (nSPS) is 12.9. The van der Waals surface area contributed by atoms with Crippen LogP contribution in [-0.4, -0.2) is 5.29 Å². The first-order valence-electron chi connectivity index (χ1n) is 5.59. The molecule has 2 aromatic rings. The van der Waals surface area contributed by atoms with E-state index in [1.165, 1.54) is 11.9 Å². The van der Waals surface area contributed by atoms with Gasteiger partial charge in [0, 0.05) is 11.1 Å². The zero-order valence-corrected chi connectivity index (χ0v) is 11.3. The number of nitriles is 1. The molecule has 1 N–H and O–H groups in total. The van der Waals surface area contributed by atoms with Crippen molar-refractivity contribution in [2.24, 2.45) is 4.99 Å². The molecular weight excluding hydrogens is 278 g/mol. The Kier molecular flexibility index (Phi) is 3.16. The number of aliphatic imine (C=N–C) groups is 1. The van der Waals surface area contributed by atoms with E-state index in [1.807, 2.05) is 36.4 Å². The number of halogens is 1. The Morgan fingerprint density at radius 1 is 1.11 bits per heavy atom. The predicted octanol–water partition coefficient (Wildman–Crippen LogP) is 4.06. The molecular formula is C14H8ClN3S. The molecule has 0 atom stereocenters. The Labute approximate surface area is 120 Å². The van der Waals surface area contributed by atoms with Crippen molar-refractivity contribution >= 4 is 34.5 Å². The van der Waals surface area contributed by atoms with Crippen LogP contribution in [0.1, 0.15) is 5.56 Å². The molecule has 1 aliphatic rings. The summed E-state index contributed by atoms with van der Waals surface area (Å²) in [4.78, 5) is 5.33. The molecule has 19 heavy (non-hydrogen) atoms. The van der Waals surface area contributed by atoms with E-state index in [1.54, 1.807) is 6.07 Å². The van der Waals surface area contributed by atoms with Gasteiger partial charge in [-0.1, -0.05) is 30.3 Å². The second-order valence-electron chi connectivity index (χ2n) is 3.92. The van der Waals surface area contributed by atoms with E-state index in [0.29, 0.717) is 10.9 Å². The van der Waals surface area contributed by atoms with Gasteiger partial charge in [-0.2, -0.15) is 5.26 Å². The van der Waals surface area contributed by atoms with Crippen LogP contribution in [0.4, 0.5) is 5.69 Å². The van der Waals surface area contributed by atoms with Crippen LogP contribution in [0.25, 0.3) is 11.1 Å². The first-order valence-corrected chi connectivity index (χ1v) is 6.78. The first-order chi connectivity index (χ1) is 9.29. The summed E-state index contributed by atoms with van der Waals surface area (Å²) in [6.45, 7) is 0. The van der Waals surface area contributed by atoms with E-state index in [-0.39, 0.29) is 0 Å². The van der Waals surface area contributed by atoms with E-state index in [4.69, 9.17) is 11.6 Å². The van der Waals surface area contributed by atoms with Gasteiger partial charge in [-0.3, -0.25) is 0 Å². The Bertz CT molecular complexity index is 719. The molecule has 0 amide bonds. The van der Waals surface area contributed by atoms with E-state index in [2.05, 4.69) is 15.8 Å². The summed E-state index contributed by atoms with van der Waals surface area (Å²) in [5.74, 6) is 0. The third kappa shape index (κ3) is 2.19. The molecule has 5 heteroatoms. The minimum atomic E-state index is 0.347. The molecule has 3 rings (SSSR count). The molecule has 0 spiro atoms. The van der Waals surface area contributed by atoms with Crippen LogP contribution < -0.4 is 4.72 Å². The van der Waals surface area contributed by atoms with Gasteiger partial charge in [-0.05, 0) is 35.7 Å². The highest BCUT2D eigenvalue weighted by molar-refractivity contribution is 7.98. The zero-order valence-electron chi connectivity index (χ0n) is 9.72. The number of nitrogens with zero attached hydrogens (tertiary/aromatic N) is 2. The molecule has 2 aromatic carbocycles. The quantitative estimate of drug-likeness (QED) is 0.635. The van der Waals surface area contributed by atoms with Crippen molar-refractivity contribution in [2.45, 2.75) is 4.90 Å². The summed E-state index contributed by atoms with van der Waals surface area (Å²) in [5, 5.41) is 9.55. The van der Waals surface area contributed by atoms with Gasteiger partial charge in [0.05, 0.1) is 22.2 Å². The number of para-hydroxylation sites is 1. The molecule has 92 valence electrons. The highest BCUT2D eigenvalue weighted by Crippen LogP contribution is 2.41. The molecule has 1 heterocycles. The number of nitrogens with one attached hydrogen (secondary N) is 1. The van der Waals surface area contributed by atoms with Crippen LogP contribution in [0.2, 0.25) is 0 Å². The van der Waals surface area contributed by atoms with Gasteiger partial charge >= 0.3 is 0 Å². The monoisotopic (exact) mass is 285 g/mol. The van der Waals surface area contributed by atoms with E-state index in [9.17, 15) is 5.26 Å². The Morgan fingerprint density at radius 3 is 2.74 bits per heavy atom. The lowest BCUT2D eigenvalue weighted by molar-refractivity contribution is 1.31. The van der Waals surface area contributed by atoms with Gasteiger partial charge < -0.3 is 4.72 Å². The van der Waals surface area contributed by atoms with E-state index < -0.39 is 0 Å². The second-order valence-corrected chi connectivity index (χ2v) is 5.12. The third-order valence-corrected chi connectivity index (χ3v) is 3.93. The number of hydrogen-bond acceptors (Lipinski definition) is 4. The largest absolute Gasteiger partial charge is 0.300 e. The fourth-order valence-corrected chi connectivity index (χ4v) is 2.81. The topological polar surface area (TPSA) is 48.2 Å². The van der Waals surface area contributed by atoms with Crippen LogP contribution in [0.5, 0.6) is 0 Å². The van der Waals surface area contributed by atoms with Crippen molar-refractivity contribution in [3.8, 4) is 17.2 Å². The van der Waals surface area contributed by atoms with Gasteiger partial charge in [0.15, 0.2) is 0 Å². The fourth-order valence-electron chi connectivity index (χ4n) is 1.97. The predicted molar refractivity (Wildman–Crippen MR) is 78.5 cm³/mol. The maximum Gasteiger partial charge on any atom is 0.206 e. The second kappa shape index (κ2) is 4.96. The van der Waals surface area contributed by atoms with Crippen molar-refractivity contribution in [1.29, 1.82) is 5.26 Å². The zero-order chi connectivity index (χ0) is 13.2. The first kappa shape index (κ1) is 12.1. The summed E-state index contributed by atoms with van der Waals surface area (Å²) in [6, 6.07) is 15.6. The van der Waals surface area contributed by atoms with Crippen LogP contribution in [0.3, 0.4) is 0 Å². The molecule has 0 aromatic heterocycles. The molecule has 0 fully saturated rings. The molecule has 1 aliphatic heterocycles. The molecule has 0 saturated heterocycles. The summed E-state index contributed by atoms with van der Waals surface area (Å²) in [7, 11) is 0. The van der Waals surface area contributed by atoms with Crippen molar-refractivity contribution in [1.82, 2.24) is 4.72 Å². The summed E-state index contributed by atoms with van der Waals surface area (Å²) in [5.41, 5.74) is 3.23. The van der Waals surface area contributed by atoms with Crippen LogP contribution in [0, 0.1) is 11.3 Å². The number of amidine groups is 1. The minimum Gasteiger partial charge on any atom is -0.300 e. The van der Waals surface area contributed by atoms with Crippen molar-refractivity contribution in [3.05, 3.63) is 48.0 Å². The highest BCUT2D eigenvalue weighted by atomic mass is 35.5. The summed E-state index contributed by atoms with van der Waals surface area (Å²) < 4.78 is 2.91. The van der Waals surface area contributed by atoms with Crippen molar-refractivity contribution < 1.29 is 0 Å². The number of fused-ring (bicyclic) bond motifs is 1. The average molecular weight is 286 g/mol. The molecule has 0 aliphatic carbocycles. The molecule has 3 nitrogen and oxygen atoms in total. The van der Waals surface area contributed by atoms with E-state index in [0.717, 1.165) is 21.7 Å². The minimum absolute atomic E-state index is 0.347. The standard InChI is InChI=1S/C14H8ClN3S/c15-14-17-13-11(6-3-7-12(13)19-18-14)10-5-2-1-4-9(10)8-16/h1-7H,(H,17,18). The Hall–Kier alpha value is -1.96. The molecule has 0 saturated carbocycles. The number of benzene rings is 2. The lowest BCUT2D eigenvalue weighted by Gasteiger charge is -2.16. The maximum atomic E-state index is 9.21. The van der Waals surface area contributed by atoms with Gasteiger partial charge in [0.1, 0.15) is 0 Å². The third-order valence-electron chi connectivity index (χ3n) is 2.79. The lowest BCUT2D eigenvalue weighted by Crippen LogP contribution is -2.11. The summed E-state index contributed by atoms with van der Waals surface area (Å²) >= 11 is 7.35. The maximum absolute atomic E-state index is 9.21. The highest BCUT2D eigenvalue weighted by Gasteiger charge is 2.17. The van der Waals surface area contributed by atoms with Crippen LogP contribution in [0.15, 0.2) is 52.4 Å². The van der Waals surface area contributed by atoms with Crippen molar-refractivity contribution in [2.75, 3.05) is 0 Å². The van der Waals surface area contributed by atoms with Gasteiger partial charge in [0.2, 0.25) is 5.29 Å². The SMILES string of the molecule is N#Cc1ccccc1-c1cccc2c1N=C(Cl)NS2. The number of rotatable bonds is 1. The molecule has 0 unspecified atom stereocenters. The van der Waals surface area contributed by atoms with Crippen molar-refractivity contribution in [3.63, 3.8) is 0 Å². The van der Waals surface area contributed by atoms with Crippen LogP contribution >= 0.6 is 23.5 Å². The number of hydrogen-bond donors (Lipinski definition) is 1. The Morgan fingerprint density at radius 2 is 1.89 bits per heavy atom.